The lowest BCUT2D eigenvalue weighted by Gasteiger charge is -2.01. The van der Waals surface area contributed by atoms with Crippen molar-refractivity contribution >= 4 is 10.1 Å². The highest BCUT2D eigenvalue weighted by Crippen LogP contribution is 2.12. The molecule has 3 nitrogen and oxygen atoms in total. The summed E-state index contributed by atoms with van der Waals surface area (Å²) in [4.78, 5) is 0. The van der Waals surface area contributed by atoms with Crippen molar-refractivity contribution in [1.82, 2.24) is 0 Å². The molecule has 1 rings (SSSR count). The van der Waals surface area contributed by atoms with E-state index in [2.05, 4.69) is 10.2 Å². The van der Waals surface area contributed by atoms with Crippen LogP contribution in [0.5, 0.6) is 5.75 Å². The van der Waals surface area contributed by atoms with Crippen LogP contribution in [0.1, 0.15) is 5.56 Å². The molecular formula is C8H9O3S. The fourth-order valence-electron chi connectivity index (χ4n) is 0.769. The molecule has 0 saturated carbocycles. The molecule has 0 fully saturated rings. The average Bonchev–Trinajstić information content (AvgIpc) is 1.82. The van der Waals surface area contributed by atoms with Crippen molar-refractivity contribution in [3.05, 3.63) is 29.8 Å². The highest BCUT2D eigenvalue weighted by atomic mass is 32.2. The highest BCUT2D eigenvalue weighted by molar-refractivity contribution is 7.86. The first-order chi connectivity index (χ1) is 5.47. The SMILES string of the molecule is Cc1[c]c(OS(C)(=O)=O)ccc1. The van der Waals surface area contributed by atoms with Gasteiger partial charge in [-0.15, -0.1) is 0 Å². The molecule has 0 aliphatic carbocycles. The van der Waals surface area contributed by atoms with E-state index < -0.39 is 10.1 Å². The predicted molar refractivity (Wildman–Crippen MR) is 45.5 cm³/mol. The van der Waals surface area contributed by atoms with Gasteiger partial charge < -0.3 is 4.18 Å². The van der Waals surface area contributed by atoms with E-state index in [1.54, 1.807) is 12.1 Å². The van der Waals surface area contributed by atoms with Gasteiger partial charge in [0.2, 0.25) is 0 Å². The molecule has 1 radical (unpaired) electrons. The third-order valence-electron chi connectivity index (χ3n) is 1.16. The molecule has 1 aromatic carbocycles. The summed E-state index contributed by atoms with van der Waals surface area (Å²) >= 11 is 0. The van der Waals surface area contributed by atoms with Crippen LogP contribution in [-0.4, -0.2) is 14.7 Å². The lowest BCUT2D eigenvalue weighted by Crippen LogP contribution is -2.05. The summed E-state index contributed by atoms with van der Waals surface area (Å²) < 4.78 is 25.9. The van der Waals surface area contributed by atoms with Crippen molar-refractivity contribution in [2.75, 3.05) is 6.26 Å². The van der Waals surface area contributed by atoms with Gasteiger partial charge in [0.1, 0.15) is 0 Å². The van der Waals surface area contributed by atoms with Crippen LogP contribution in [0.3, 0.4) is 0 Å². The second kappa shape index (κ2) is 3.15. The summed E-state index contributed by atoms with van der Waals surface area (Å²) in [5, 5.41) is 0. The van der Waals surface area contributed by atoms with Crippen LogP contribution < -0.4 is 4.18 Å². The molecule has 4 heteroatoms. The molecule has 1 aromatic rings. The van der Waals surface area contributed by atoms with Gasteiger partial charge in [-0.2, -0.15) is 8.42 Å². The zero-order valence-electron chi connectivity index (χ0n) is 6.87. The average molecular weight is 185 g/mol. The first kappa shape index (κ1) is 9.06. The van der Waals surface area contributed by atoms with Gasteiger partial charge in [0, 0.05) is 6.07 Å². The van der Waals surface area contributed by atoms with E-state index in [-0.39, 0.29) is 5.75 Å². The van der Waals surface area contributed by atoms with Crippen molar-refractivity contribution in [2.24, 2.45) is 0 Å². The van der Waals surface area contributed by atoms with E-state index in [4.69, 9.17) is 0 Å². The van der Waals surface area contributed by atoms with Crippen molar-refractivity contribution in [1.29, 1.82) is 0 Å². The van der Waals surface area contributed by atoms with Gasteiger partial charge in [0.15, 0.2) is 5.75 Å². The van der Waals surface area contributed by atoms with Gasteiger partial charge in [-0.05, 0) is 18.6 Å². The first-order valence-electron chi connectivity index (χ1n) is 3.36. The van der Waals surface area contributed by atoms with Crippen molar-refractivity contribution in [2.45, 2.75) is 6.92 Å². The first-order valence-corrected chi connectivity index (χ1v) is 5.17. The third kappa shape index (κ3) is 2.92. The van der Waals surface area contributed by atoms with E-state index in [0.717, 1.165) is 11.8 Å². The topological polar surface area (TPSA) is 43.4 Å². The highest BCUT2D eigenvalue weighted by Gasteiger charge is 2.03. The van der Waals surface area contributed by atoms with Crippen LogP contribution in [0.4, 0.5) is 0 Å². The summed E-state index contributed by atoms with van der Waals surface area (Å²) in [6, 6.07) is 7.84. The second-order valence-corrected chi connectivity index (χ2v) is 4.06. The van der Waals surface area contributed by atoms with Crippen LogP contribution in [0.15, 0.2) is 18.2 Å². The Morgan fingerprint density at radius 3 is 2.58 bits per heavy atom. The Kier molecular flexibility index (Phi) is 2.38. The van der Waals surface area contributed by atoms with Gasteiger partial charge >= 0.3 is 10.1 Å². The van der Waals surface area contributed by atoms with E-state index in [9.17, 15) is 8.42 Å². The van der Waals surface area contributed by atoms with Gasteiger partial charge in [-0.1, -0.05) is 12.1 Å². The predicted octanol–water partition coefficient (Wildman–Crippen LogP) is 1.13. The zero-order chi connectivity index (χ0) is 9.19. The molecule has 12 heavy (non-hydrogen) atoms. The number of hydrogen-bond acceptors (Lipinski definition) is 3. The van der Waals surface area contributed by atoms with Crippen LogP contribution in [0.2, 0.25) is 0 Å². The van der Waals surface area contributed by atoms with Crippen molar-refractivity contribution < 1.29 is 12.6 Å². The smallest absolute Gasteiger partial charge is 0.306 e. The fourth-order valence-corrected chi connectivity index (χ4v) is 1.19. The third-order valence-corrected chi connectivity index (χ3v) is 1.64. The molecule has 0 aliphatic heterocycles. The second-order valence-electron chi connectivity index (χ2n) is 2.49. The summed E-state index contributed by atoms with van der Waals surface area (Å²) in [5.74, 6) is 0.234. The zero-order valence-corrected chi connectivity index (χ0v) is 7.68. The Bertz CT molecular complexity index is 368. The number of rotatable bonds is 2. The fraction of sp³-hybridized carbons (Fsp3) is 0.250. The minimum Gasteiger partial charge on any atom is -0.382 e. The molecule has 0 bridgehead atoms. The monoisotopic (exact) mass is 185 g/mol. The summed E-state index contributed by atoms with van der Waals surface area (Å²) in [6.07, 6.45) is 1.00. The molecule has 0 unspecified atom stereocenters. The number of aryl methyl sites for hydroxylation is 1. The van der Waals surface area contributed by atoms with Crippen LogP contribution in [-0.2, 0) is 10.1 Å². The minimum atomic E-state index is -3.43. The molecule has 0 amide bonds. The standard InChI is InChI=1S/C8H9O3S/c1-7-4-3-5-8(6-7)11-12(2,9)10/h3-5H,1-2H3. The number of hydrogen-bond donors (Lipinski definition) is 0. The Morgan fingerprint density at radius 1 is 1.42 bits per heavy atom. The van der Waals surface area contributed by atoms with E-state index >= 15 is 0 Å². The summed E-state index contributed by atoms with van der Waals surface area (Å²) in [6.45, 7) is 1.81. The van der Waals surface area contributed by atoms with Crippen molar-refractivity contribution in [3.8, 4) is 5.75 Å². The Morgan fingerprint density at radius 2 is 2.08 bits per heavy atom. The molecule has 65 valence electrons. The van der Waals surface area contributed by atoms with Gasteiger partial charge in [0.05, 0.1) is 6.26 Å². The maximum Gasteiger partial charge on any atom is 0.306 e. The number of benzene rings is 1. The lowest BCUT2D eigenvalue weighted by atomic mass is 10.2. The molecular weight excluding hydrogens is 176 g/mol. The minimum absolute atomic E-state index is 0.234. The molecule has 0 aliphatic rings. The van der Waals surface area contributed by atoms with Gasteiger partial charge in [0.25, 0.3) is 0 Å². The van der Waals surface area contributed by atoms with E-state index in [0.29, 0.717) is 0 Å². The van der Waals surface area contributed by atoms with E-state index in [1.807, 2.05) is 13.0 Å². The Balaban J connectivity index is 2.91. The maximum atomic E-state index is 10.7. The maximum absolute atomic E-state index is 10.7. The van der Waals surface area contributed by atoms with Crippen molar-refractivity contribution in [3.63, 3.8) is 0 Å². The quantitative estimate of drug-likeness (QED) is 0.649. The van der Waals surface area contributed by atoms with Crippen LogP contribution in [0.25, 0.3) is 0 Å². The van der Waals surface area contributed by atoms with Crippen LogP contribution in [0, 0.1) is 13.0 Å². The molecule has 0 saturated heterocycles. The normalized spacial score (nSPS) is 11.2. The Labute approximate surface area is 72.1 Å². The summed E-state index contributed by atoms with van der Waals surface area (Å²) in [5.41, 5.74) is 0.844. The van der Waals surface area contributed by atoms with Crippen LogP contribution >= 0.6 is 0 Å². The molecule has 0 spiro atoms. The van der Waals surface area contributed by atoms with E-state index in [1.165, 1.54) is 0 Å². The van der Waals surface area contributed by atoms with Gasteiger partial charge in [-0.25, -0.2) is 0 Å². The largest absolute Gasteiger partial charge is 0.382 e. The molecule has 0 N–H and O–H groups in total. The lowest BCUT2D eigenvalue weighted by molar-refractivity contribution is 0.492. The summed E-state index contributed by atoms with van der Waals surface area (Å²) in [7, 11) is -3.43. The Hall–Kier alpha value is -1.03. The molecule has 0 heterocycles. The van der Waals surface area contributed by atoms with Gasteiger partial charge in [-0.3, -0.25) is 0 Å². The molecule has 0 aromatic heterocycles. The molecule has 0 atom stereocenters.